The standard InChI is InChI=1S/C13H21N3O2/c1-3-8(14-2)6-12-15-13(16-18-12)10-7-9-4-5-11(10)17-9/h8-11,14H,3-7H2,1-2H3. The highest BCUT2D eigenvalue weighted by Gasteiger charge is 2.43. The fourth-order valence-electron chi connectivity index (χ4n) is 3.07. The maximum Gasteiger partial charge on any atom is 0.228 e. The molecule has 0 aromatic carbocycles. The van der Waals surface area contributed by atoms with Gasteiger partial charge in [-0.05, 0) is 32.7 Å². The lowest BCUT2D eigenvalue weighted by Gasteiger charge is -2.14. The Labute approximate surface area is 107 Å². The number of likely N-dealkylation sites (N-methyl/N-ethyl adjacent to an activating group) is 1. The van der Waals surface area contributed by atoms with E-state index in [1.165, 1.54) is 6.42 Å². The zero-order chi connectivity index (χ0) is 12.5. The third kappa shape index (κ3) is 2.17. The van der Waals surface area contributed by atoms with Gasteiger partial charge in [-0.25, -0.2) is 0 Å². The molecule has 3 heterocycles. The molecule has 1 N–H and O–H groups in total. The van der Waals surface area contributed by atoms with E-state index in [-0.39, 0.29) is 0 Å². The zero-order valence-corrected chi connectivity index (χ0v) is 11.1. The Morgan fingerprint density at radius 2 is 2.33 bits per heavy atom. The van der Waals surface area contributed by atoms with Crippen LogP contribution in [-0.2, 0) is 11.2 Å². The lowest BCUT2D eigenvalue weighted by molar-refractivity contribution is 0.0996. The first-order chi connectivity index (χ1) is 8.80. The highest BCUT2D eigenvalue weighted by molar-refractivity contribution is 5.07. The molecular formula is C13H21N3O2. The second kappa shape index (κ2) is 4.97. The van der Waals surface area contributed by atoms with Gasteiger partial charge in [0.15, 0.2) is 5.82 Å². The van der Waals surface area contributed by atoms with E-state index in [2.05, 4.69) is 22.4 Å². The molecule has 5 heteroatoms. The van der Waals surface area contributed by atoms with Gasteiger partial charge in [-0.2, -0.15) is 4.98 Å². The van der Waals surface area contributed by atoms with Crippen LogP contribution in [0.25, 0.3) is 0 Å². The van der Waals surface area contributed by atoms with Gasteiger partial charge in [-0.3, -0.25) is 0 Å². The number of nitrogens with one attached hydrogen (secondary N) is 1. The van der Waals surface area contributed by atoms with Crippen LogP contribution in [0.3, 0.4) is 0 Å². The molecule has 4 atom stereocenters. The Morgan fingerprint density at radius 1 is 1.44 bits per heavy atom. The van der Waals surface area contributed by atoms with Gasteiger partial charge in [0.2, 0.25) is 5.89 Å². The van der Waals surface area contributed by atoms with Crippen LogP contribution in [0.5, 0.6) is 0 Å². The number of rotatable bonds is 5. The normalized spacial score (nSPS) is 32.0. The van der Waals surface area contributed by atoms with Gasteiger partial charge in [0, 0.05) is 12.5 Å². The summed E-state index contributed by atoms with van der Waals surface area (Å²) in [5.41, 5.74) is 0. The van der Waals surface area contributed by atoms with Crippen LogP contribution in [0.4, 0.5) is 0 Å². The van der Waals surface area contributed by atoms with E-state index in [9.17, 15) is 0 Å². The molecule has 3 rings (SSSR count). The number of nitrogens with zero attached hydrogens (tertiary/aromatic N) is 2. The monoisotopic (exact) mass is 251 g/mol. The first kappa shape index (κ1) is 12.1. The summed E-state index contributed by atoms with van der Waals surface area (Å²) in [5.74, 6) is 1.95. The van der Waals surface area contributed by atoms with E-state index in [1.54, 1.807) is 0 Å². The minimum absolute atomic E-state index is 0.326. The largest absolute Gasteiger partial charge is 0.374 e. The topological polar surface area (TPSA) is 60.2 Å². The van der Waals surface area contributed by atoms with Gasteiger partial charge >= 0.3 is 0 Å². The van der Waals surface area contributed by atoms with Crippen molar-refractivity contribution in [3.63, 3.8) is 0 Å². The molecule has 2 aliphatic rings. The summed E-state index contributed by atoms with van der Waals surface area (Å²) < 4.78 is 11.2. The molecule has 2 bridgehead atoms. The zero-order valence-electron chi connectivity index (χ0n) is 11.1. The minimum atomic E-state index is 0.326. The summed E-state index contributed by atoms with van der Waals surface area (Å²) in [6.07, 6.45) is 6.03. The van der Waals surface area contributed by atoms with Crippen molar-refractivity contribution < 1.29 is 9.26 Å². The molecule has 1 aromatic heterocycles. The lowest BCUT2D eigenvalue weighted by atomic mass is 9.89. The van der Waals surface area contributed by atoms with Gasteiger partial charge in [0.1, 0.15) is 0 Å². The minimum Gasteiger partial charge on any atom is -0.374 e. The van der Waals surface area contributed by atoms with E-state index in [0.29, 0.717) is 24.2 Å². The highest BCUT2D eigenvalue weighted by atomic mass is 16.5. The quantitative estimate of drug-likeness (QED) is 0.862. The number of fused-ring (bicyclic) bond motifs is 2. The summed E-state index contributed by atoms with van der Waals surface area (Å²) in [7, 11) is 1.97. The third-order valence-electron chi connectivity index (χ3n) is 4.24. The van der Waals surface area contributed by atoms with Crippen molar-refractivity contribution in [3.8, 4) is 0 Å². The Hall–Kier alpha value is -0.940. The summed E-state index contributed by atoms with van der Waals surface area (Å²) in [6, 6.07) is 0.412. The summed E-state index contributed by atoms with van der Waals surface area (Å²) in [6.45, 7) is 2.15. The van der Waals surface area contributed by atoms with Crippen molar-refractivity contribution in [3.05, 3.63) is 11.7 Å². The van der Waals surface area contributed by atoms with Gasteiger partial charge in [-0.15, -0.1) is 0 Å². The van der Waals surface area contributed by atoms with Crippen LogP contribution in [-0.4, -0.2) is 35.4 Å². The average molecular weight is 251 g/mol. The smallest absolute Gasteiger partial charge is 0.228 e. The van der Waals surface area contributed by atoms with Gasteiger partial charge in [0.25, 0.3) is 0 Å². The molecule has 4 unspecified atom stereocenters. The first-order valence-corrected chi connectivity index (χ1v) is 6.95. The second-order valence-electron chi connectivity index (χ2n) is 5.36. The molecule has 100 valence electrons. The third-order valence-corrected chi connectivity index (χ3v) is 4.24. The Balaban J connectivity index is 1.66. The van der Waals surface area contributed by atoms with Crippen LogP contribution in [0.15, 0.2) is 4.52 Å². The van der Waals surface area contributed by atoms with Crippen LogP contribution in [0.1, 0.15) is 50.2 Å². The summed E-state index contributed by atoms with van der Waals surface area (Å²) in [5, 5.41) is 7.40. The molecular weight excluding hydrogens is 230 g/mol. The van der Waals surface area contributed by atoms with Crippen molar-refractivity contribution in [2.24, 2.45) is 0 Å². The maximum atomic E-state index is 5.84. The van der Waals surface area contributed by atoms with E-state index >= 15 is 0 Å². The maximum absolute atomic E-state index is 5.84. The van der Waals surface area contributed by atoms with Crippen molar-refractivity contribution in [1.82, 2.24) is 15.5 Å². The van der Waals surface area contributed by atoms with E-state index < -0.39 is 0 Å². The van der Waals surface area contributed by atoms with Gasteiger partial charge < -0.3 is 14.6 Å². The molecule has 1 aromatic rings. The number of hydrogen-bond donors (Lipinski definition) is 1. The van der Waals surface area contributed by atoms with Crippen LogP contribution in [0, 0.1) is 0 Å². The van der Waals surface area contributed by atoms with Crippen LogP contribution < -0.4 is 5.32 Å². The number of ether oxygens (including phenoxy) is 1. The Kier molecular flexibility index (Phi) is 3.35. The van der Waals surface area contributed by atoms with Crippen molar-refractivity contribution in [1.29, 1.82) is 0 Å². The lowest BCUT2D eigenvalue weighted by Crippen LogP contribution is -2.26. The van der Waals surface area contributed by atoms with Gasteiger partial charge in [0.05, 0.1) is 18.1 Å². The fourth-order valence-corrected chi connectivity index (χ4v) is 3.07. The van der Waals surface area contributed by atoms with Crippen LogP contribution in [0.2, 0.25) is 0 Å². The average Bonchev–Trinajstić information content (AvgIpc) is 3.11. The molecule has 0 spiro atoms. The molecule has 18 heavy (non-hydrogen) atoms. The number of hydrogen-bond acceptors (Lipinski definition) is 5. The van der Waals surface area contributed by atoms with Crippen molar-refractivity contribution >= 4 is 0 Å². The van der Waals surface area contributed by atoms with Gasteiger partial charge in [-0.1, -0.05) is 12.1 Å². The van der Waals surface area contributed by atoms with E-state index in [4.69, 9.17) is 9.26 Å². The Bertz CT molecular complexity index is 403. The molecule has 0 aliphatic carbocycles. The second-order valence-corrected chi connectivity index (χ2v) is 5.36. The summed E-state index contributed by atoms with van der Waals surface area (Å²) >= 11 is 0. The first-order valence-electron chi connectivity index (χ1n) is 6.95. The predicted octanol–water partition coefficient (Wildman–Crippen LogP) is 1.64. The Morgan fingerprint density at radius 3 is 2.94 bits per heavy atom. The SMILES string of the molecule is CCC(Cc1nc(C2CC3CCC2O3)no1)NC. The molecule has 5 nitrogen and oxygen atoms in total. The molecule has 2 fully saturated rings. The van der Waals surface area contributed by atoms with E-state index in [1.807, 2.05) is 7.05 Å². The number of aromatic nitrogens is 2. The van der Waals surface area contributed by atoms with E-state index in [0.717, 1.165) is 37.4 Å². The molecule has 0 amide bonds. The molecule has 0 radical (unpaired) electrons. The summed E-state index contributed by atoms with van der Waals surface area (Å²) in [4.78, 5) is 4.55. The molecule has 2 saturated heterocycles. The van der Waals surface area contributed by atoms with Crippen molar-refractivity contribution in [2.75, 3.05) is 7.05 Å². The fraction of sp³-hybridized carbons (Fsp3) is 0.846. The predicted molar refractivity (Wildman–Crippen MR) is 66.4 cm³/mol. The molecule has 2 aliphatic heterocycles. The molecule has 0 saturated carbocycles. The van der Waals surface area contributed by atoms with Crippen molar-refractivity contribution in [2.45, 2.75) is 63.2 Å². The van der Waals surface area contributed by atoms with Crippen LogP contribution >= 0.6 is 0 Å². The highest BCUT2D eigenvalue weighted by Crippen LogP contribution is 2.43.